The van der Waals surface area contributed by atoms with Crippen LogP contribution in [0.1, 0.15) is 56.3 Å². The van der Waals surface area contributed by atoms with E-state index in [2.05, 4.69) is 24.1 Å². The summed E-state index contributed by atoms with van der Waals surface area (Å²) < 4.78 is 0. The van der Waals surface area contributed by atoms with Crippen LogP contribution in [0.5, 0.6) is 0 Å². The van der Waals surface area contributed by atoms with E-state index in [1.807, 2.05) is 12.1 Å². The van der Waals surface area contributed by atoms with Gasteiger partial charge in [0.25, 0.3) is 5.91 Å². The standard InChI is InChI=1S/C18H29N3O/c1-13(2)14-6-5-7-16(10-8-14)20-17-11-9-15(12-19-17)18(22)21(3)4/h9,11-14,16H,5-8,10H2,1-4H3,(H,19,20). The quantitative estimate of drug-likeness (QED) is 0.861. The predicted octanol–water partition coefficient (Wildman–Crippen LogP) is 3.80. The molecule has 2 atom stereocenters. The summed E-state index contributed by atoms with van der Waals surface area (Å²) in [5.74, 6) is 2.52. The van der Waals surface area contributed by atoms with Crippen LogP contribution in [0, 0.1) is 11.8 Å². The number of nitrogens with zero attached hydrogens (tertiary/aromatic N) is 2. The molecule has 4 nitrogen and oxygen atoms in total. The average Bonchev–Trinajstić information content (AvgIpc) is 2.73. The molecule has 0 aliphatic heterocycles. The van der Waals surface area contributed by atoms with Crippen molar-refractivity contribution in [3.63, 3.8) is 0 Å². The molecule has 0 bridgehead atoms. The van der Waals surface area contributed by atoms with Gasteiger partial charge >= 0.3 is 0 Å². The van der Waals surface area contributed by atoms with E-state index in [1.165, 1.54) is 32.1 Å². The second kappa shape index (κ2) is 7.61. The Hall–Kier alpha value is -1.58. The second-order valence-electron chi connectivity index (χ2n) is 6.99. The van der Waals surface area contributed by atoms with Crippen LogP contribution in [0.25, 0.3) is 0 Å². The summed E-state index contributed by atoms with van der Waals surface area (Å²) in [6, 6.07) is 4.28. The van der Waals surface area contributed by atoms with Crippen molar-refractivity contribution in [2.24, 2.45) is 11.8 Å². The summed E-state index contributed by atoms with van der Waals surface area (Å²) in [6.07, 6.45) is 8.02. The van der Waals surface area contributed by atoms with Crippen molar-refractivity contribution in [1.82, 2.24) is 9.88 Å². The van der Waals surface area contributed by atoms with E-state index < -0.39 is 0 Å². The van der Waals surface area contributed by atoms with Gasteiger partial charge in [0.2, 0.25) is 0 Å². The number of carbonyl (C=O) groups excluding carboxylic acids is 1. The molecule has 22 heavy (non-hydrogen) atoms. The summed E-state index contributed by atoms with van der Waals surface area (Å²) in [6.45, 7) is 4.67. The minimum Gasteiger partial charge on any atom is -0.367 e. The van der Waals surface area contributed by atoms with E-state index in [4.69, 9.17) is 0 Å². The zero-order chi connectivity index (χ0) is 16.1. The lowest BCUT2D eigenvalue weighted by atomic mass is 9.89. The molecule has 4 heteroatoms. The van der Waals surface area contributed by atoms with Crippen LogP contribution in [0.3, 0.4) is 0 Å². The van der Waals surface area contributed by atoms with Crippen LogP contribution in [-0.2, 0) is 0 Å². The molecule has 0 spiro atoms. The highest BCUT2D eigenvalue weighted by Gasteiger charge is 2.21. The third kappa shape index (κ3) is 4.46. The number of rotatable bonds is 4. The summed E-state index contributed by atoms with van der Waals surface area (Å²) in [5, 5.41) is 3.54. The van der Waals surface area contributed by atoms with E-state index in [-0.39, 0.29) is 5.91 Å². The number of hydrogen-bond acceptors (Lipinski definition) is 3. The minimum atomic E-state index is -0.00621. The average molecular weight is 303 g/mol. The van der Waals surface area contributed by atoms with Gasteiger partial charge in [0, 0.05) is 26.3 Å². The molecular formula is C18H29N3O. The second-order valence-corrected chi connectivity index (χ2v) is 6.99. The number of nitrogens with one attached hydrogen (secondary N) is 1. The normalized spacial score (nSPS) is 22.2. The molecule has 1 aromatic heterocycles. The highest BCUT2D eigenvalue weighted by molar-refractivity contribution is 5.93. The molecule has 1 aliphatic rings. The lowest BCUT2D eigenvalue weighted by Gasteiger charge is -2.19. The van der Waals surface area contributed by atoms with Crippen molar-refractivity contribution in [3.05, 3.63) is 23.9 Å². The van der Waals surface area contributed by atoms with Gasteiger partial charge in [-0.05, 0) is 43.2 Å². The Balaban J connectivity index is 1.92. The SMILES string of the molecule is CC(C)C1CCCC(Nc2ccc(C(=O)N(C)C)cn2)CC1. The van der Waals surface area contributed by atoms with Gasteiger partial charge < -0.3 is 10.2 Å². The van der Waals surface area contributed by atoms with Crippen molar-refractivity contribution in [1.29, 1.82) is 0 Å². The van der Waals surface area contributed by atoms with E-state index in [0.29, 0.717) is 11.6 Å². The van der Waals surface area contributed by atoms with Crippen LogP contribution in [-0.4, -0.2) is 35.9 Å². The van der Waals surface area contributed by atoms with Gasteiger partial charge in [-0.3, -0.25) is 4.79 Å². The molecule has 1 aliphatic carbocycles. The lowest BCUT2D eigenvalue weighted by molar-refractivity contribution is 0.0827. The first-order chi connectivity index (χ1) is 10.5. The largest absolute Gasteiger partial charge is 0.367 e. The zero-order valence-electron chi connectivity index (χ0n) is 14.3. The maximum atomic E-state index is 11.9. The zero-order valence-corrected chi connectivity index (χ0v) is 14.3. The maximum Gasteiger partial charge on any atom is 0.254 e. The summed E-state index contributed by atoms with van der Waals surface area (Å²) in [5.41, 5.74) is 0.635. The van der Waals surface area contributed by atoms with Gasteiger partial charge in [-0.2, -0.15) is 0 Å². The van der Waals surface area contributed by atoms with Gasteiger partial charge in [-0.25, -0.2) is 4.98 Å². The van der Waals surface area contributed by atoms with Crippen molar-refractivity contribution in [2.75, 3.05) is 19.4 Å². The molecule has 1 aromatic rings. The van der Waals surface area contributed by atoms with Crippen molar-refractivity contribution < 1.29 is 4.79 Å². The third-order valence-electron chi connectivity index (χ3n) is 4.72. The summed E-state index contributed by atoms with van der Waals surface area (Å²) in [4.78, 5) is 17.8. The van der Waals surface area contributed by atoms with Crippen molar-refractivity contribution in [2.45, 2.75) is 52.0 Å². The van der Waals surface area contributed by atoms with Crippen LogP contribution in [0.2, 0.25) is 0 Å². The number of aromatic nitrogens is 1. The van der Waals surface area contributed by atoms with E-state index in [9.17, 15) is 4.79 Å². The Morgan fingerprint density at radius 3 is 2.59 bits per heavy atom. The van der Waals surface area contributed by atoms with Gasteiger partial charge in [0.05, 0.1) is 5.56 Å². The molecule has 2 unspecified atom stereocenters. The molecule has 0 saturated heterocycles. The first kappa shape index (κ1) is 16.8. The molecule has 1 saturated carbocycles. The number of carbonyl (C=O) groups is 1. The van der Waals surface area contributed by atoms with E-state index in [1.54, 1.807) is 25.2 Å². The number of pyridine rings is 1. The van der Waals surface area contributed by atoms with Gasteiger partial charge in [-0.15, -0.1) is 0 Å². The number of anilines is 1. The Morgan fingerprint density at radius 2 is 2.00 bits per heavy atom. The minimum absolute atomic E-state index is 0.00621. The lowest BCUT2D eigenvalue weighted by Crippen LogP contribution is -2.22. The highest BCUT2D eigenvalue weighted by atomic mass is 16.2. The number of hydrogen-bond donors (Lipinski definition) is 1. The van der Waals surface area contributed by atoms with E-state index >= 15 is 0 Å². The van der Waals surface area contributed by atoms with Gasteiger partial charge in [0.15, 0.2) is 0 Å². The van der Waals surface area contributed by atoms with Crippen molar-refractivity contribution >= 4 is 11.7 Å². The monoisotopic (exact) mass is 303 g/mol. The molecule has 0 radical (unpaired) electrons. The Labute approximate surface area is 134 Å². The van der Waals surface area contributed by atoms with Crippen LogP contribution < -0.4 is 5.32 Å². The highest BCUT2D eigenvalue weighted by Crippen LogP contribution is 2.29. The molecule has 1 amide bonds. The molecule has 1 heterocycles. The van der Waals surface area contributed by atoms with Crippen LogP contribution in [0.4, 0.5) is 5.82 Å². The Kier molecular flexibility index (Phi) is 5.81. The van der Waals surface area contributed by atoms with Gasteiger partial charge in [0.1, 0.15) is 5.82 Å². The first-order valence-corrected chi connectivity index (χ1v) is 8.41. The topological polar surface area (TPSA) is 45.2 Å². The fourth-order valence-corrected chi connectivity index (χ4v) is 3.21. The van der Waals surface area contributed by atoms with E-state index in [0.717, 1.165) is 17.7 Å². The maximum absolute atomic E-state index is 11.9. The predicted molar refractivity (Wildman–Crippen MR) is 91.1 cm³/mol. The Morgan fingerprint density at radius 1 is 1.23 bits per heavy atom. The number of amides is 1. The smallest absolute Gasteiger partial charge is 0.254 e. The molecule has 2 rings (SSSR count). The third-order valence-corrected chi connectivity index (χ3v) is 4.72. The summed E-state index contributed by atoms with van der Waals surface area (Å²) >= 11 is 0. The van der Waals surface area contributed by atoms with Crippen LogP contribution in [0.15, 0.2) is 18.3 Å². The molecule has 122 valence electrons. The molecular weight excluding hydrogens is 274 g/mol. The Bertz CT molecular complexity index is 482. The molecule has 1 fully saturated rings. The molecule has 1 N–H and O–H groups in total. The molecule has 0 aromatic carbocycles. The fourth-order valence-electron chi connectivity index (χ4n) is 3.21. The van der Waals surface area contributed by atoms with Crippen LogP contribution >= 0.6 is 0 Å². The fraction of sp³-hybridized carbons (Fsp3) is 0.667. The van der Waals surface area contributed by atoms with Gasteiger partial charge in [-0.1, -0.05) is 26.7 Å². The van der Waals surface area contributed by atoms with Crippen molar-refractivity contribution in [3.8, 4) is 0 Å². The summed E-state index contributed by atoms with van der Waals surface area (Å²) in [7, 11) is 3.51. The first-order valence-electron chi connectivity index (χ1n) is 8.41.